The molecule has 2 aliphatic rings. The molecule has 11 nitrogen and oxygen atoms in total. The van der Waals surface area contributed by atoms with Crippen molar-refractivity contribution in [1.29, 1.82) is 5.26 Å². The van der Waals surface area contributed by atoms with Crippen LogP contribution in [-0.2, 0) is 29.7 Å². The van der Waals surface area contributed by atoms with Gasteiger partial charge in [-0.15, -0.1) is 0 Å². The van der Waals surface area contributed by atoms with Gasteiger partial charge in [0.15, 0.2) is 0 Å². The number of unbranched alkanes of at least 4 members (excludes halogenated alkanes) is 16. The molecule has 2 aromatic rings. The van der Waals surface area contributed by atoms with Crippen LogP contribution in [0.5, 0.6) is 0 Å². The summed E-state index contributed by atoms with van der Waals surface area (Å²) in [5, 5.41) is 9.80. The highest BCUT2D eigenvalue weighted by atomic mass is 35.5. The number of hydrogen-bond acceptors (Lipinski definition) is 9. The molecule has 2 aliphatic heterocycles. The van der Waals surface area contributed by atoms with Crippen LogP contribution >= 0.6 is 19.4 Å². The van der Waals surface area contributed by atoms with E-state index < -0.39 is 13.9 Å². The van der Waals surface area contributed by atoms with Gasteiger partial charge in [-0.1, -0.05) is 128 Å². The number of benzene rings is 1. The van der Waals surface area contributed by atoms with Crippen molar-refractivity contribution in [3.05, 3.63) is 57.9 Å². The van der Waals surface area contributed by atoms with Gasteiger partial charge in [-0.25, -0.2) is 9.56 Å². The van der Waals surface area contributed by atoms with Gasteiger partial charge in [0.05, 0.1) is 55.5 Å². The van der Waals surface area contributed by atoms with Crippen LogP contribution in [0.2, 0.25) is 5.02 Å². The van der Waals surface area contributed by atoms with Crippen molar-refractivity contribution in [2.24, 2.45) is 10.7 Å². The Hall–Kier alpha value is -2.42. The maximum atomic E-state index is 13.0. The molecule has 0 amide bonds. The van der Waals surface area contributed by atoms with Gasteiger partial charge in [-0.3, -0.25) is 13.7 Å². The molecule has 3 heterocycles. The van der Waals surface area contributed by atoms with Crippen LogP contribution in [0.3, 0.4) is 0 Å². The fourth-order valence-corrected chi connectivity index (χ4v) is 8.16. The molecular weight excluding hydrogens is 713 g/mol. The van der Waals surface area contributed by atoms with E-state index in [1.165, 1.54) is 89.9 Å². The van der Waals surface area contributed by atoms with Gasteiger partial charge < -0.3 is 25.5 Å². The summed E-state index contributed by atoms with van der Waals surface area (Å²) < 4.78 is 38.0. The number of aromatic nitrogens is 1. The molecule has 1 aromatic heterocycles. The third kappa shape index (κ3) is 16.1. The fourth-order valence-electron chi connectivity index (χ4n) is 7.11. The van der Waals surface area contributed by atoms with Crippen molar-refractivity contribution in [3.63, 3.8) is 0 Å². The number of fused-ring (bicyclic) bond motifs is 1. The summed E-state index contributed by atoms with van der Waals surface area (Å²) in [7, 11) is -4.37. The quantitative estimate of drug-likeness (QED) is 0.0566. The number of ether oxygens (including phenoxy) is 2. The molecule has 0 radical (unpaired) electrons. The van der Waals surface area contributed by atoms with Crippen molar-refractivity contribution in [1.82, 2.24) is 4.68 Å². The number of halogens is 1. The van der Waals surface area contributed by atoms with E-state index in [1.807, 2.05) is 16.8 Å². The Morgan fingerprint density at radius 3 is 2.26 bits per heavy atom. The molecule has 1 aromatic carbocycles. The van der Waals surface area contributed by atoms with Crippen LogP contribution in [0, 0.1) is 11.3 Å². The highest BCUT2D eigenvalue weighted by Crippen LogP contribution is 2.45. The Morgan fingerprint density at radius 2 is 1.62 bits per heavy atom. The number of aliphatic imine (C=N–C) groups is 1. The van der Waals surface area contributed by atoms with Gasteiger partial charge in [0, 0.05) is 5.02 Å². The smallest absolute Gasteiger partial charge is 0.382 e. The Balaban J connectivity index is 1.13. The Labute approximate surface area is 322 Å². The van der Waals surface area contributed by atoms with Gasteiger partial charge in [-0.2, -0.15) is 5.26 Å². The molecule has 13 heteroatoms. The van der Waals surface area contributed by atoms with E-state index in [0.717, 1.165) is 42.6 Å². The SMILES string of the molecule is CCCCCCCCCCCCCCCCCCCC(COP(=O)(O)OCC1CCC(c2ccc3n2NCN=C3N)O1)OCc1cc(Cl)cc(C#N)c1. The van der Waals surface area contributed by atoms with Crippen LogP contribution < -0.4 is 11.2 Å². The topological polar surface area (TPSA) is 153 Å². The van der Waals surface area contributed by atoms with Gasteiger partial charge in [-0.05, 0) is 55.2 Å². The van der Waals surface area contributed by atoms with Crippen molar-refractivity contribution in [2.45, 2.75) is 160 Å². The normalized spacial score (nSPS) is 18.6. The second-order valence-electron chi connectivity index (χ2n) is 14.6. The van der Waals surface area contributed by atoms with Gasteiger partial charge in [0.25, 0.3) is 0 Å². The molecule has 4 N–H and O–H groups in total. The monoisotopic (exact) mass is 775 g/mol. The highest BCUT2D eigenvalue weighted by Gasteiger charge is 2.33. The largest absolute Gasteiger partial charge is 0.472 e. The lowest BCUT2D eigenvalue weighted by Crippen LogP contribution is -2.32. The third-order valence-electron chi connectivity index (χ3n) is 10.1. The second-order valence-corrected chi connectivity index (χ2v) is 16.5. The molecular formula is C40H63ClN5O6P. The van der Waals surface area contributed by atoms with E-state index in [4.69, 9.17) is 35.9 Å². The molecule has 0 aliphatic carbocycles. The van der Waals surface area contributed by atoms with E-state index in [0.29, 0.717) is 35.9 Å². The van der Waals surface area contributed by atoms with Crippen LogP contribution in [0.1, 0.15) is 164 Å². The Morgan fingerprint density at radius 1 is 0.981 bits per heavy atom. The molecule has 4 rings (SSSR count). The van der Waals surface area contributed by atoms with E-state index in [2.05, 4.69) is 23.4 Å². The number of phosphoric ester groups is 1. The van der Waals surface area contributed by atoms with Gasteiger partial charge in [0.1, 0.15) is 18.2 Å². The minimum Gasteiger partial charge on any atom is -0.382 e. The van der Waals surface area contributed by atoms with E-state index in [9.17, 15) is 14.7 Å². The number of hydrogen-bond donors (Lipinski definition) is 3. The lowest BCUT2D eigenvalue weighted by Gasteiger charge is -2.22. The van der Waals surface area contributed by atoms with Gasteiger partial charge in [0.2, 0.25) is 0 Å². The van der Waals surface area contributed by atoms with Crippen molar-refractivity contribution in [2.75, 3.05) is 25.3 Å². The standard InChI is InChI=1S/C40H63ClN5O6P/c1-2-3-4-5-6-7-8-9-10-11-12-13-14-15-16-17-18-19-35(49-28-33-24-32(27-42)25-34(41)26-33)29-50-53(47,48)51-30-36-20-23-39(52-36)37-21-22-38-40(43)44-31-45-46(37)38/h21-22,24-26,35-36,39,45H,2-20,23,28-31H2,1H3,(H2,43,44)(H,47,48). The minimum absolute atomic E-state index is 0.0704. The molecule has 1 saturated heterocycles. The van der Waals surface area contributed by atoms with Gasteiger partial charge >= 0.3 is 7.82 Å². The summed E-state index contributed by atoms with van der Waals surface area (Å²) >= 11 is 6.20. The first-order chi connectivity index (χ1) is 25.8. The zero-order valence-electron chi connectivity index (χ0n) is 31.8. The number of nitrogens with one attached hydrogen (secondary N) is 1. The molecule has 4 atom stereocenters. The lowest BCUT2D eigenvalue weighted by atomic mass is 10.0. The average Bonchev–Trinajstić information content (AvgIpc) is 3.81. The minimum atomic E-state index is -4.37. The van der Waals surface area contributed by atoms with Crippen molar-refractivity contribution >= 4 is 25.3 Å². The summed E-state index contributed by atoms with van der Waals surface area (Å²) in [6.07, 6.45) is 23.1. The zero-order chi connectivity index (χ0) is 37.7. The maximum Gasteiger partial charge on any atom is 0.472 e. The van der Waals surface area contributed by atoms with Crippen LogP contribution in [0.25, 0.3) is 0 Å². The third-order valence-corrected chi connectivity index (χ3v) is 11.3. The predicted octanol–water partition coefficient (Wildman–Crippen LogP) is 10.2. The molecule has 4 unspecified atom stereocenters. The second kappa shape index (κ2) is 24.2. The summed E-state index contributed by atoms with van der Waals surface area (Å²) in [6, 6.07) is 11.1. The first-order valence-electron chi connectivity index (χ1n) is 20.1. The number of amidine groups is 1. The summed E-state index contributed by atoms with van der Waals surface area (Å²) in [6.45, 7) is 2.68. The molecule has 0 saturated carbocycles. The lowest BCUT2D eigenvalue weighted by molar-refractivity contribution is -0.0174. The van der Waals surface area contributed by atoms with Crippen molar-refractivity contribution in [3.8, 4) is 6.07 Å². The average molecular weight is 776 g/mol. The molecule has 1 fully saturated rings. The number of rotatable bonds is 28. The Kier molecular flexibility index (Phi) is 19.7. The summed E-state index contributed by atoms with van der Waals surface area (Å²) in [5.41, 5.74) is 12.1. The predicted molar refractivity (Wildman–Crippen MR) is 211 cm³/mol. The zero-order valence-corrected chi connectivity index (χ0v) is 33.5. The number of nitrogens with zero attached hydrogens (tertiary/aromatic N) is 3. The van der Waals surface area contributed by atoms with E-state index in [-0.39, 0.29) is 32.0 Å². The summed E-state index contributed by atoms with van der Waals surface area (Å²) in [4.78, 5) is 14.8. The summed E-state index contributed by atoms with van der Waals surface area (Å²) in [5.74, 6) is 0.470. The molecule has 0 spiro atoms. The number of phosphoric acid groups is 1. The van der Waals surface area contributed by atoms with E-state index >= 15 is 0 Å². The van der Waals surface area contributed by atoms with E-state index in [1.54, 1.807) is 18.2 Å². The Bertz CT molecular complexity index is 1480. The first-order valence-corrected chi connectivity index (χ1v) is 22.0. The number of nitriles is 1. The highest BCUT2D eigenvalue weighted by molar-refractivity contribution is 7.47. The van der Waals surface area contributed by atoms with Crippen LogP contribution in [-0.4, -0.2) is 47.5 Å². The molecule has 0 bridgehead atoms. The van der Waals surface area contributed by atoms with Crippen molar-refractivity contribution < 1.29 is 28.0 Å². The number of nitrogens with two attached hydrogens (primary N) is 1. The molecule has 53 heavy (non-hydrogen) atoms. The fraction of sp³-hybridized carbons (Fsp3) is 0.700. The maximum absolute atomic E-state index is 13.0. The van der Waals surface area contributed by atoms with Crippen LogP contribution in [0.15, 0.2) is 35.3 Å². The van der Waals surface area contributed by atoms with Crippen LogP contribution in [0.4, 0.5) is 0 Å². The first kappa shape index (κ1) is 43.3. The molecule has 296 valence electrons.